The molecule has 0 radical (unpaired) electrons. The lowest BCUT2D eigenvalue weighted by atomic mass is 10.1. The molecule has 6 nitrogen and oxygen atoms in total. The van der Waals surface area contributed by atoms with Crippen LogP contribution in [0.25, 0.3) is 5.82 Å². The Morgan fingerprint density at radius 1 is 1.23 bits per heavy atom. The maximum atomic E-state index is 12.6. The van der Waals surface area contributed by atoms with Gasteiger partial charge in [-0.05, 0) is 30.7 Å². The van der Waals surface area contributed by atoms with Crippen molar-refractivity contribution in [2.24, 2.45) is 5.92 Å². The van der Waals surface area contributed by atoms with Crippen LogP contribution in [-0.2, 0) is 0 Å². The van der Waals surface area contributed by atoms with Crippen molar-refractivity contribution in [1.29, 1.82) is 0 Å². The van der Waals surface area contributed by atoms with Gasteiger partial charge in [0.1, 0.15) is 5.82 Å². The van der Waals surface area contributed by atoms with E-state index in [4.69, 9.17) is 0 Å². The van der Waals surface area contributed by atoms with Gasteiger partial charge in [-0.2, -0.15) is 0 Å². The molecule has 3 heterocycles. The Balaban J connectivity index is 1.77. The first-order valence-corrected chi connectivity index (χ1v) is 7.35. The Kier molecular flexibility index (Phi) is 4.22. The van der Waals surface area contributed by atoms with E-state index < -0.39 is 0 Å². The van der Waals surface area contributed by atoms with E-state index in [1.54, 1.807) is 23.2 Å². The average molecular weight is 301 g/mol. The average Bonchev–Trinajstić information content (AvgIpc) is 3.23. The predicted molar refractivity (Wildman–Crippen MR) is 80.7 cm³/mol. The van der Waals surface area contributed by atoms with Gasteiger partial charge in [-0.1, -0.05) is 0 Å². The van der Waals surface area contributed by atoms with Crippen molar-refractivity contribution in [2.75, 3.05) is 19.8 Å². The second-order valence-electron chi connectivity index (χ2n) is 5.57. The molecule has 1 fully saturated rings. The van der Waals surface area contributed by atoms with E-state index in [2.05, 4.69) is 4.98 Å². The summed E-state index contributed by atoms with van der Waals surface area (Å²) in [6.07, 6.45) is 5.96. The van der Waals surface area contributed by atoms with E-state index in [0.717, 1.165) is 5.82 Å². The molecule has 116 valence electrons. The molecule has 0 bridgehead atoms. The number of pyridine rings is 1. The summed E-state index contributed by atoms with van der Waals surface area (Å²) >= 11 is 0. The van der Waals surface area contributed by atoms with E-state index in [-0.39, 0.29) is 31.1 Å². The van der Waals surface area contributed by atoms with Crippen LogP contribution in [0.15, 0.2) is 42.9 Å². The predicted octanol–water partition coefficient (Wildman–Crippen LogP) is 0.688. The van der Waals surface area contributed by atoms with Gasteiger partial charge in [0.05, 0.1) is 18.2 Å². The molecule has 22 heavy (non-hydrogen) atoms. The van der Waals surface area contributed by atoms with Crippen LogP contribution in [0.2, 0.25) is 0 Å². The third-order valence-corrected chi connectivity index (χ3v) is 4.09. The maximum absolute atomic E-state index is 12.6. The molecule has 2 unspecified atom stereocenters. The van der Waals surface area contributed by atoms with Crippen molar-refractivity contribution in [3.63, 3.8) is 0 Å². The van der Waals surface area contributed by atoms with E-state index >= 15 is 0 Å². The topological polar surface area (TPSA) is 78.6 Å². The zero-order valence-corrected chi connectivity index (χ0v) is 12.2. The fourth-order valence-corrected chi connectivity index (χ4v) is 2.89. The number of carbonyl (C=O) groups is 1. The van der Waals surface area contributed by atoms with Crippen LogP contribution in [0.3, 0.4) is 0 Å². The fourth-order valence-electron chi connectivity index (χ4n) is 2.89. The Hall–Kier alpha value is -2.18. The summed E-state index contributed by atoms with van der Waals surface area (Å²) in [6.45, 7) is 0.419. The lowest BCUT2D eigenvalue weighted by Gasteiger charge is -2.23. The molecule has 6 heteroatoms. The van der Waals surface area contributed by atoms with E-state index in [1.165, 1.54) is 0 Å². The number of rotatable bonds is 4. The van der Waals surface area contributed by atoms with Gasteiger partial charge < -0.3 is 19.7 Å². The van der Waals surface area contributed by atoms with Gasteiger partial charge in [0.15, 0.2) is 0 Å². The van der Waals surface area contributed by atoms with Crippen LogP contribution in [0.4, 0.5) is 0 Å². The molecule has 2 atom stereocenters. The first-order chi connectivity index (χ1) is 10.7. The number of hydrogen-bond donors (Lipinski definition) is 2. The van der Waals surface area contributed by atoms with Crippen LogP contribution in [0.5, 0.6) is 0 Å². The van der Waals surface area contributed by atoms with Crippen molar-refractivity contribution >= 4 is 5.91 Å². The second-order valence-corrected chi connectivity index (χ2v) is 5.57. The molecule has 0 aromatic carbocycles. The standard InChI is InChI=1S/C16H19N3O3/c20-10-12-7-14(11-21)19(9-12)16(22)13-3-4-15(17-8-13)18-5-1-2-6-18/h1-6,8,12,14,20-21H,7,9-11H2. The van der Waals surface area contributed by atoms with Gasteiger partial charge >= 0.3 is 0 Å². The highest BCUT2D eigenvalue weighted by Gasteiger charge is 2.34. The SMILES string of the molecule is O=C(c1ccc(-n2cccc2)nc1)N1CC(CO)CC1CO. The van der Waals surface area contributed by atoms with Crippen LogP contribution in [0, 0.1) is 5.92 Å². The number of aromatic nitrogens is 2. The molecular weight excluding hydrogens is 282 g/mol. The zero-order valence-electron chi connectivity index (χ0n) is 12.2. The van der Waals surface area contributed by atoms with Gasteiger partial charge in [0, 0.05) is 37.7 Å². The summed E-state index contributed by atoms with van der Waals surface area (Å²) in [5.74, 6) is 0.629. The molecule has 1 aliphatic rings. The van der Waals surface area contributed by atoms with Crippen LogP contribution in [0.1, 0.15) is 16.8 Å². The summed E-state index contributed by atoms with van der Waals surface area (Å²) in [5, 5.41) is 18.7. The summed E-state index contributed by atoms with van der Waals surface area (Å²) < 4.78 is 1.86. The number of amides is 1. The summed E-state index contributed by atoms with van der Waals surface area (Å²) in [6, 6.07) is 7.12. The number of carbonyl (C=O) groups excluding carboxylic acids is 1. The molecule has 0 spiro atoms. The summed E-state index contributed by atoms with van der Waals surface area (Å²) in [4.78, 5) is 18.5. The highest BCUT2D eigenvalue weighted by Crippen LogP contribution is 2.24. The third-order valence-electron chi connectivity index (χ3n) is 4.09. The van der Waals surface area contributed by atoms with Crippen LogP contribution >= 0.6 is 0 Å². The Labute approximate surface area is 128 Å². The third kappa shape index (κ3) is 2.75. The van der Waals surface area contributed by atoms with E-state index in [9.17, 15) is 15.0 Å². The highest BCUT2D eigenvalue weighted by molar-refractivity contribution is 5.94. The van der Waals surface area contributed by atoms with Crippen molar-refractivity contribution < 1.29 is 15.0 Å². The van der Waals surface area contributed by atoms with Crippen molar-refractivity contribution in [2.45, 2.75) is 12.5 Å². The normalized spacial score (nSPS) is 21.3. The van der Waals surface area contributed by atoms with Gasteiger partial charge in [-0.15, -0.1) is 0 Å². The van der Waals surface area contributed by atoms with Crippen molar-refractivity contribution in [3.05, 3.63) is 48.4 Å². The maximum Gasteiger partial charge on any atom is 0.255 e. The first kappa shape index (κ1) is 14.7. The minimum Gasteiger partial charge on any atom is -0.396 e. The first-order valence-electron chi connectivity index (χ1n) is 7.35. The number of aliphatic hydroxyl groups excluding tert-OH is 2. The quantitative estimate of drug-likeness (QED) is 0.871. The molecule has 0 aliphatic carbocycles. The smallest absolute Gasteiger partial charge is 0.255 e. The minimum absolute atomic E-state index is 0.0328. The number of hydrogen-bond acceptors (Lipinski definition) is 4. The number of nitrogens with zero attached hydrogens (tertiary/aromatic N) is 3. The molecule has 1 aliphatic heterocycles. The summed E-state index contributed by atoms with van der Waals surface area (Å²) in [7, 11) is 0. The number of aliphatic hydroxyl groups is 2. The molecule has 2 aromatic rings. The van der Waals surface area contributed by atoms with E-state index in [1.807, 2.05) is 29.1 Å². The number of likely N-dealkylation sites (tertiary alicyclic amines) is 1. The van der Waals surface area contributed by atoms with Crippen LogP contribution < -0.4 is 0 Å². The summed E-state index contributed by atoms with van der Waals surface area (Å²) in [5.41, 5.74) is 0.493. The molecule has 3 rings (SSSR count). The Bertz CT molecular complexity index is 625. The van der Waals surface area contributed by atoms with Gasteiger partial charge in [-0.25, -0.2) is 4.98 Å². The van der Waals surface area contributed by atoms with Gasteiger partial charge in [-0.3, -0.25) is 4.79 Å². The zero-order chi connectivity index (χ0) is 15.5. The monoisotopic (exact) mass is 301 g/mol. The van der Waals surface area contributed by atoms with Gasteiger partial charge in [0.2, 0.25) is 0 Å². The molecule has 2 aromatic heterocycles. The Morgan fingerprint density at radius 3 is 2.59 bits per heavy atom. The van der Waals surface area contributed by atoms with Crippen molar-refractivity contribution in [1.82, 2.24) is 14.5 Å². The molecule has 1 saturated heterocycles. The lowest BCUT2D eigenvalue weighted by molar-refractivity contribution is 0.0672. The molecule has 0 saturated carbocycles. The largest absolute Gasteiger partial charge is 0.396 e. The lowest BCUT2D eigenvalue weighted by Crippen LogP contribution is -2.37. The molecule has 1 amide bonds. The van der Waals surface area contributed by atoms with Crippen molar-refractivity contribution in [3.8, 4) is 5.82 Å². The fraction of sp³-hybridized carbons (Fsp3) is 0.375. The highest BCUT2D eigenvalue weighted by atomic mass is 16.3. The molecule has 2 N–H and O–H groups in total. The minimum atomic E-state index is -0.228. The Morgan fingerprint density at radius 2 is 2.00 bits per heavy atom. The van der Waals surface area contributed by atoms with Gasteiger partial charge in [0.25, 0.3) is 5.91 Å². The molecular formula is C16H19N3O3. The van der Waals surface area contributed by atoms with Crippen LogP contribution in [-0.4, -0.2) is 56.4 Å². The van der Waals surface area contributed by atoms with E-state index in [0.29, 0.717) is 18.5 Å². The second kappa shape index (κ2) is 6.29.